The number of nitrogens with zero attached hydrogens (tertiary/aromatic N) is 2. The maximum atomic E-state index is 11.7. The zero-order valence-electron chi connectivity index (χ0n) is 13.0. The second-order valence-electron chi connectivity index (χ2n) is 7.01. The van der Waals surface area contributed by atoms with Gasteiger partial charge in [0.2, 0.25) is 5.89 Å². The molecule has 1 aromatic rings. The van der Waals surface area contributed by atoms with Gasteiger partial charge in [-0.05, 0) is 44.4 Å². The van der Waals surface area contributed by atoms with Crippen molar-refractivity contribution in [1.82, 2.24) is 15.5 Å². The first-order chi connectivity index (χ1) is 11.2. The molecule has 23 heavy (non-hydrogen) atoms. The number of amides is 1. The van der Waals surface area contributed by atoms with Crippen molar-refractivity contribution in [3.63, 3.8) is 0 Å². The summed E-state index contributed by atoms with van der Waals surface area (Å²) >= 11 is 0. The highest BCUT2D eigenvalue weighted by Gasteiger charge is 2.38. The van der Waals surface area contributed by atoms with E-state index in [1.807, 2.05) is 0 Å². The normalized spacial score (nSPS) is 29.9. The Morgan fingerprint density at radius 2 is 2.09 bits per heavy atom. The first kappa shape index (κ1) is 14.7. The summed E-state index contributed by atoms with van der Waals surface area (Å²) in [6.07, 6.45) is 5.41. The fraction of sp³-hybridized carbons (Fsp3) is 0.706. The standard InChI is InChI=1S/C17H21N3O3/c21-14-8-12(17-19-16(20-23-17)11-4-5-11)7-13(14)9-18-15(22)6-3-10-1-2-10/h10-14,21H,1-2,4-5,7-9H2,(H,18,22)/t12-,13+,14+/m0/s1. The summed E-state index contributed by atoms with van der Waals surface area (Å²) in [4.78, 5) is 16.1. The fourth-order valence-corrected chi connectivity index (χ4v) is 3.11. The van der Waals surface area contributed by atoms with Gasteiger partial charge in [-0.15, -0.1) is 0 Å². The number of hydrogen-bond donors (Lipinski definition) is 2. The summed E-state index contributed by atoms with van der Waals surface area (Å²) in [6, 6.07) is 0. The number of hydrogen-bond acceptors (Lipinski definition) is 5. The number of carbonyl (C=O) groups is 1. The predicted molar refractivity (Wildman–Crippen MR) is 81.3 cm³/mol. The molecule has 122 valence electrons. The van der Waals surface area contributed by atoms with Crippen molar-refractivity contribution in [3.8, 4) is 11.8 Å². The van der Waals surface area contributed by atoms with E-state index >= 15 is 0 Å². The molecule has 6 nitrogen and oxygen atoms in total. The Hall–Kier alpha value is -1.87. The SMILES string of the molecule is O=C(C#CC1CC1)NC[C@H]1C[C@H](c2nc(C3CC3)no2)C[C@H]1O. The first-order valence-electron chi connectivity index (χ1n) is 8.50. The van der Waals surface area contributed by atoms with Crippen LogP contribution in [0.25, 0.3) is 0 Å². The van der Waals surface area contributed by atoms with Crippen molar-refractivity contribution in [2.24, 2.45) is 11.8 Å². The molecule has 3 saturated carbocycles. The molecule has 0 aromatic carbocycles. The van der Waals surface area contributed by atoms with Crippen LogP contribution in [0, 0.1) is 23.7 Å². The third kappa shape index (κ3) is 3.56. The molecule has 1 aromatic heterocycles. The van der Waals surface area contributed by atoms with Gasteiger partial charge < -0.3 is 14.9 Å². The average molecular weight is 315 g/mol. The molecular formula is C17H21N3O3. The summed E-state index contributed by atoms with van der Waals surface area (Å²) < 4.78 is 5.36. The van der Waals surface area contributed by atoms with E-state index in [0.717, 1.165) is 37.9 Å². The number of aliphatic hydroxyl groups is 1. The van der Waals surface area contributed by atoms with Crippen molar-refractivity contribution in [2.75, 3.05) is 6.54 Å². The van der Waals surface area contributed by atoms with E-state index in [4.69, 9.17) is 4.52 Å². The van der Waals surface area contributed by atoms with Crippen molar-refractivity contribution in [2.45, 2.75) is 56.5 Å². The molecule has 0 saturated heterocycles. The summed E-state index contributed by atoms with van der Waals surface area (Å²) in [5.41, 5.74) is 0. The Kier molecular flexibility index (Phi) is 3.82. The van der Waals surface area contributed by atoms with Gasteiger partial charge in [0.1, 0.15) is 0 Å². The van der Waals surface area contributed by atoms with Gasteiger partial charge in [0.15, 0.2) is 5.82 Å². The maximum absolute atomic E-state index is 11.7. The predicted octanol–water partition coefficient (Wildman–Crippen LogP) is 1.33. The van der Waals surface area contributed by atoms with Gasteiger partial charge in [0.05, 0.1) is 6.10 Å². The van der Waals surface area contributed by atoms with Crippen LogP contribution < -0.4 is 5.32 Å². The van der Waals surface area contributed by atoms with Crippen LogP contribution in [-0.2, 0) is 4.79 Å². The lowest BCUT2D eigenvalue weighted by Crippen LogP contribution is -2.31. The van der Waals surface area contributed by atoms with Gasteiger partial charge in [-0.2, -0.15) is 4.98 Å². The summed E-state index contributed by atoms with van der Waals surface area (Å²) in [6.45, 7) is 0.444. The second kappa shape index (κ2) is 5.97. The second-order valence-corrected chi connectivity index (χ2v) is 7.01. The van der Waals surface area contributed by atoms with Crippen LogP contribution in [0.1, 0.15) is 62.1 Å². The van der Waals surface area contributed by atoms with Crippen LogP contribution in [-0.4, -0.2) is 33.8 Å². The molecule has 0 radical (unpaired) electrons. The van der Waals surface area contributed by atoms with Gasteiger partial charge in [-0.1, -0.05) is 11.1 Å². The molecule has 3 atom stereocenters. The lowest BCUT2D eigenvalue weighted by molar-refractivity contribution is -0.116. The number of rotatable bonds is 4. The summed E-state index contributed by atoms with van der Waals surface area (Å²) in [5.74, 6) is 7.75. The fourth-order valence-electron chi connectivity index (χ4n) is 3.11. The first-order valence-corrected chi connectivity index (χ1v) is 8.50. The van der Waals surface area contributed by atoms with E-state index in [2.05, 4.69) is 27.3 Å². The van der Waals surface area contributed by atoms with E-state index in [1.54, 1.807) is 0 Å². The Balaban J connectivity index is 1.29. The van der Waals surface area contributed by atoms with Gasteiger partial charge >= 0.3 is 0 Å². The van der Waals surface area contributed by atoms with Crippen molar-refractivity contribution in [3.05, 3.63) is 11.7 Å². The zero-order valence-corrected chi connectivity index (χ0v) is 13.0. The highest BCUT2D eigenvalue weighted by molar-refractivity contribution is 5.93. The van der Waals surface area contributed by atoms with Crippen molar-refractivity contribution < 1.29 is 14.4 Å². The van der Waals surface area contributed by atoms with E-state index in [-0.39, 0.29) is 17.7 Å². The van der Waals surface area contributed by atoms with Crippen LogP contribution in [0.3, 0.4) is 0 Å². The van der Waals surface area contributed by atoms with Crippen LogP contribution in [0.2, 0.25) is 0 Å². The number of aromatic nitrogens is 2. The highest BCUT2D eigenvalue weighted by atomic mass is 16.5. The van der Waals surface area contributed by atoms with Gasteiger partial charge in [0, 0.05) is 30.2 Å². The molecule has 3 fully saturated rings. The molecule has 0 aliphatic heterocycles. The minimum Gasteiger partial charge on any atom is -0.393 e. The highest BCUT2D eigenvalue weighted by Crippen LogP contribution is 2.41. The van der Waals surface area contributed by atoms with E-state index < -0.39 is 6.10 Å². The van der Waals surface area contributed by atoms with Crippen LogP contribution in [0.5, 0.6) is 0 Å². The van der Waals surface area contributed by atoms with Gasteiger partial charge in [-0.3, -0.25) is 4.79 Å². The Morgan fingerprint density at radius 1 is 1.26 bits per heavy atom. The van der Waals surface area contributed by atoms with E-state index in [9.17, 15) is 9.90 Å². The number of aliphatic hydroxyl groups excluding tert-OH is 1. The van der Waals surface area contributed by atoms with Crippen LogP contribution in [0.15, 0.2) is 4.52 Å². The molecule has 2 N–H and O–H groups in total. The quantitative estimate of drug-likeness (QED) is 0.818. The average Bonchev–Trinajstić information content (AvgIpc) is 3.47. The smallest absolute Gasteiger partial charge is 0.295 e. The number of nitrogens with one attached hydrogen (secondary N) is 1. The Morgan fingerprint density at radius 3 is 2.83 bits per heavy atom. The third-order valence-corrected chi connectivity index (χ3v) is 4.90. The lowest BCUT2D eigenvalue weighted by Gasteiger charge is -2.13. The van der Waals surface area contributed by atoms with Crippen molar-refractivity contribution in [1.29, 1.82) is 0 Å². The largest absolute Gasteiger partial charge is 0.393 e. The van der Waals surface area contributed by atoms with E-state index in [0.29, 0.717) is 30.7 Å². The monoisotopic (exact) mass is 315 g/mol. The van der Waals surface area contributed by atoms with E-state index in [1.165, 1.54) is 0 Å². The summed E-state index contributed by atoms with van der Waals surface area (Å²) in [5, 5.41) is 17.1. The molecule has 0 spiro atoms. The Labute approximate surface area is 135 Å². The summed E-state index contributed by atoms with van der Waals surface area (Å²) in [7, 11) is 0. The van der Waals surface area contributed by atoms with Gasteiger partial charge in [-0.25, -0.2) is 0 Å². The third-order valence-electron chi connectivity index (χ3n) is 4.90. The molecule has 0 unspecified atom stereocenters. The Bertz CT molecular complexity index is 652. The zero-order chi connectivity index (χ0) is 15.8. The number of carbonyl (C=O) groups excluding carboxylic acids is 1. The molecular weight excluding hydrogens is 294 g/mol. The molecule has 1 amide bonds. The molecule has 3 aliphatic rings. The topological polar surface area (TPSA) is 88.3 Å². The molecule has 0 bridgehead atoms. The van der Waals surface area contributed by atoms with Crippen molar-refractivity contribution >= 4 is 5.91 Å². The van der Waals surface area contributed by atoms with Crippen LogP contribution in [0.4, 0.5) is 0 Å². The molecule has 3 aliphatic carbocycles. The maximum Gasteiger partial charge on any atom is 0.295 e. The van der Waals surface area contributed by atoms with Gasteiger partial charge in [0.25, 0.3) is 5.91 Å². The van der Waals surface area contributed by atoms with Crippen LogP contribution >= 0.6 is 0 Å². The minimum absolute atomic E-state index is 0.0166. The molecule has 6 heteroatoms. The lowest BCUT2D eigenvalue weighted by atomic mass is 10.0. The minimum atomic E-state index is -0.451. The molecule has 1 heterocycles. The molecule has 4 rings (SSSR count).